The summed E-state index contributed by atoms with van der Waals surface area (Å²) in [5.41, 5.74) is 3.73. The lowest BCUT2D eigenvalue weighted by Crippen LogP contribution is -2.55. The molecule has 1 atom stereocenters. The highest BCUT2D eigenvalue weighted by atomic mass is 16.6. The number of carbonyl (C=O) groups is 4. The van der Waals surface area contributed by atoms with Gasteiger partial charge in [0.25, 0.3) is 0 Å². The van der Waals surface area contributed by atoms with Crippen molar-refractivity contribution in [1.82, 2.24) is 20.0 Å². The summed E-state index contributed by atoms with van der Waals surface area (Å²) in [7, 11) is 1.35. The van der Waals surface area contributed by atoms with Gasteiger partial charge in [-0.2, -0.15) is 0 Å². The zero-order valence-electron chi connectivity index (χ0n) is 24.0. The molecule has 1 fully saturated rings. The van der Waals surface area contributed by atoms with Crippen LogP contribution in [0.4, 0.5) is 9.59 Å². The Bertz CT molecular complexity index is 1240. The normalized spacial score (nSPS) is 15.9. The van der Waals surface area contributed by atoms with Gasteiger partial charge in [-0.15, -0.1) is 0 Å². The second-order valence-corrected chi connectivity index (χ2v) is 11.3. The van der Waals surface area contributed by atoms with E-state index in [2.05, 4.69) is 5.32 Å². The number of benzene rings is 2. The van der Waals surface area contributed by atoms with E-state index < -0.39 is 29.7 Å². The van der Waals surface area contributed by atoms with Crippen LogP contribution in [0, 0.1) is 0 Å². The number of hydrogen-bond donors (Lipinski definition) is 2. The number of carbonyl (C=O) groups excluding carboxylic acids is 3. The third-order valence-electron chi connectivity index (χ3n) is 7.26. The Morgan fingerprint density at radius 3 is 2.07 bits per heavy atom. The Hall–Kier alpha value is -4.12. The maximum absolute atomic E-state index is 12.9. The maximum atomic E-state index is 12.9. The molecular formula is C30H38N4O7. The van der Waals surface area contributed by atoms with Crippen LogP contribution in [0.2, 0.25) is 0 Å². The Morgan fingerprint density at radius 1 is 0.976 bits per heavy atom. The van der Waals surface area contributed by atoms with Gasteiger partial charge < -0.3 is 24.8 Å². The number of piperazine rings is 1. The molecule has 1 heterocycles. The second-order valence-electron chi connectivity index (χ2n) is 11.3. The van der Waals surface area contributed by atoms with E-state index in [-0.39, 0.29) is 31.6 Å². The van der Waals surface area contributed by atoms with Gasteiger partial charge in [0.05, 0.1) is 13.1 Å². The molecule has 2 N–H and O–H groups in total. The number of aliphatic carboxylic acids is 1. The van der Waals surface area contributed by atoms with Crippen LogP contribution in [0.1, 0.15) is 37.8 Å². The standard InChI is InChI=1S/C30H38N4O7/c1-30(2,3)41-26(35)18-33-13-15-34(16-14-33)28(38)31-17-25(27(36)37)32(4)29(39)40-19-24-22-11-7-5-9-20(22)21-10-6-8-12-23(21)24/h5-12,24-25H,13-19H2,1-4H3,(H,31,38)(H,36,37). The highest BCUT2D eigenvalue weighted by molar-refractivity contribution is 5.82. The predicted molar refractivity (Wildman–Crippen MR) is 152 cm³/mol. The zero-order valence-corrected chi connectivity index (χ0v) is 24.0. The number of likely N-dealkylation sites (N-methyl/N-ethyl adjacent to an activating group) is 1. The lowest BCUT2D eigenvalue weighted by Gasteiger charge is -2.35. The van der Waals surface area contributed by atoms with E-state index in [1.807, 2.05) is 74.2 Å². The molecule has 2 aliphatic rings. The van der Waals surface area contributed by atoms with E-state index in [4.69, 9.17) is 9.47 Å². The van der Waals surface area contributed by atoms with Gasteiger partial charge in [0.1, 0.15) is 18.2 Å². The molecule has 4 rings (SSSR count). The van der Waals surface area contributed by atoms with Crippen LogP contribution in [-0.2, 0) is 19.1 Å². The van der Waals surface area contributed by atoms with Crippen molar-refractivity contribution in [3.8, 4) is 11.1 Å². The third kappa shape index (κ3) is 7.35. The topological polar surface area (TPSA) is 129 Å². The SMILES string of the molecule is CN(C(=O)OCC1c2ccccc2-c2ccccc21)C(CNC(=O)N1CCN(CC(=O)OC(C)(C)C)CC1)C(=O)O. The van der Waals surface area contributed by atoms with Gasteiger partial charge in [-0.05, 0) is 43.0 Å². The van der Waals surface area contributed by atoms with Crippen molar-refractivity contribution < 1.29 is 33.8 Å². The van der Waals surface area contributed by atoms with E-state index in [0.717, 1.165) is 27.2 Å². The zero-order chi connectivity index (χ0) is 29.7. The molecule has 1 unspecified atom stereocenters. The highest BCUT2D eigenvalue weighted by Crippen LogP contribution is 2.44. The molecule has 1 aliphatic carbocycles. The van der Waals surface area contributed by atoms with Crippen molar-refractivity contribution in [2.75, 3.05) is 52.9 Å². The number of carboxylic acid groups (broad SMARTS) is 1. The summed E-state index contributed by atoms with van der Waals surface area (Å²) in [5, 5.41) is 12.4. The van der Waals surface area contributed by atoms with E-state index in [1.165, 1.54) is 7.05 Å². The summed E-state index contributed by atoms with van der Waals surface area (Å²) in [6.07, 6.45) is -0.788. The van der Waals surface area contributed by atoms with E-state index >= 15 is 0 Å². The smallest absolute Gasteiger partial charge is 0.410 e. The predicted octanol–water partition coefficient (Wildman–Crippen LogP) is 2.99. The molecule has 0 aromatic heterocycles. The number of rotatable bonds is 8. The van der Waals surface area contributed by atoms with Crippen LogP contribution in [0.5, 0.6) is 0 Å². The summed E-state index contributed by atoms with van der Waals surface area (Å²) >= 11 is 0. The molecule has 3 amide bonds. The second kappa shape index (κ2) is 12.6. The van der Waals surface area contributed by atoms with Crippen molar-refractivity contribution in [2.45, 2.75) is 38.3 Å². The molecule has 1 saturated heterocycles. The number of nitrogens with one attached hydrogen (secondary N) is 1. The number of amides is 3. The lowest BCUT2D eigenvalue weighted by atomic mass is 9.98. The number of carboxylic acids is 1. The molecule has 11 heteroatoms. The summed E-state index contributed by atoms with van der Waals surface area (Å²) in [4.78, 5) is 54.2. The molecule has 11 nitrogen and oxygen atoms in total. The van der Waals surface area contributed by atoms with Gasteiger partial charge in [-0.25, -0.2) is 14.4 Å². The maximum Gasteiger partial charge on any atom is 0.410 e. The summed E-state index contributed by atoms with van der Waals surface area (Å²) < 4.78 is 10.9. The Balaban J connectivity index is 1.27. The third-order valence-corrected chi connectivity index (χ3v) is 7.26. The minimum Gasteiger partial charge on any atom is -0.480 e. The van der Waals surface area contributed by atoms with E-state index in [1.54, 1.807) is 4.90 Å². The van der Waals surface area contributed by atoms with Crippen LogP contribution in [-0.4, -0.2) is 108 Å². The number of ether oxygens (including phenoxy) is 2. The minimum atomic E-state index is -1.32. The molecule has 0 saturated carbocycles. The van der Waals surface area contributed by atoms with E-state index in [9.17, 15) is 24.3 Å². The number of fused-ring (bicyclic) bond motifs is 3. The van der Waals surface area contributed by atoms with Crippen molar-refractivity contribution >= 4 is 24.1 Å². The minimum absolute atomic E-state index is 0.0590. The lowest BCUT2D eigenvalue weighted by molar-refractivity contribution is -0.156. The summed E-state index contributed by atoms with van der Waals surface area (Å²) in [6, 6.07) is 14.1. The first-order chi connectivity index (χ1) is 19.4. The van der Waals surface area contributed by atoms with Gasteiger partial charge in [0.15, 0.2) is 0 Å². The van der Waals surface area contributed by atoms with Crippen LogP contribution < -0.4 is 5.32 Å². The quantitative estimate of drug-likeness (QED) is 0.467. The van der Waals surface area contributed by atoms with Crippen LogP contribution in [0.25, 0.3) is 11.1 Å². The molecule has 41 heavy (non-hydrogen) atoms. The van der Waals surface area contributed by atoms with Crippen LogP contribution in [0.3, 0.4) is 0 Å². The average molecular weight is 567 g/mol. The number of hydrogen-bond acceptors (Lipinski definition) is 7. The fraction of sp³-hybridized carbons (Fsp3) is 0.467. The van der Waals surface area contributed by atoms with Gasteiger partial charge in [0, 0.05) is 39.1 Å². The van der Waals surface area contributed by atoms with Crippen LogP contribution in [0.15, 0.2) is 48.5 Å². The molecule has 0 bridgehead atoms. The van der Waals surface area contributed by atoms with Gasteiger partial charge in [0.2, 0.25) is 0 Å². The van der Waals surface area contributed by atoms with E-state index in [0.29, 0.717) is 26.2 Å². The van der Waals surface area contributed by atoms with Gasteiger partial charge >= 0.3 is 24.1 Å². The Labute approximate surface area is 240 Å². The fourth-order valence-electron chi connectivity index (χ4n) is 5.17. The first-order valence-corrected chi connectivity index (χ1v) is 13.7. The number of nitrogens with zero attached hydrogens (tertiary/aromatic N) is 3. The molecule has 220 valence electrons. The molecular weight excluding hydrogens is 528 g/mol. The fourth-order valence-corrected chi connectivity index (χ4v) is 5.17. The van der Waals surface area contributed by atoms with Gasteiger partial charge in [-0.1, -0.05) is 48.5 Å². The highest BCUT2D eigenvalue weighted by Gasteiger charge is 2.33. The average Bonchev–Trinajstić information content (AvgIpc) is 3.24. The molecule has 0 radical (unpaired) electrons. The first kappa shape index (κ1) is 29.9. The van der Waals surface area contributed by atoms with Crippen molar-refractivity contribution in [3.05, 3.63) is 59.7 Å². The largest absolute Gasteiger partial charge is 0.480 e. The van der Waals surface area contributed by atoms with Gasteiger partial charge in [-0.3, -0.25) is 14.6 Å². The van der Waals surface area contributed by atoms with Crippen LogP contribution >= 0.6 is 0 Å². The Kier molecular flexibility index (Phi) is 9.17. The number of esters is 1. The molecule has 0 spiro atoms. The molecule has 1 aliphatic heterocycles. The molecule has 2 aromatic carbocycles. The first-order valence-electron chi connectivity index (χ1n) is 13.7. The number of urea groups is 1. The Morgan fingerprint density at radius 2 is 1.54 bits per heavy atom. The summed E-state index contributed by atoms with van der Waals surface area (Å²) in [6.45, 7) is 7.04. The van der Waals surface area contributed by atoms with Crippen molar-refractivity contribution in [2.24, 2.45) is 0 Å². The monoisotopic (exact) mass is 566 g/mol. The molecule has 2 aromatic rings. The summed E-state index contributed by atoms with van der Waals surface area (Å²) in [5.74, 6) is -1.74. The van der Waals surface area contributed by atoms with Crippen molar-refractivity contribution in [3.63, 3.8) is 0 Å². The van der Waals surface area contributed by atoms with Crippen molar-refractivity contribution in [1.29, 1.82) is 0 Å².